The third kappa shape index (κ3) is 3.95. The molecular formula is C16H26N2O2. The van der Waals surface area contributed by atoms with E-state index in [1.807, 2.05) is 13.0 Å². The SMILES string of the molecule is COCCNCCC(C)(O)C1CCc2ccccc2N1. The van der Waals surface area contributed by atoms with Crippen molar-refractivity contribution in [3.8, 4) is 0 Å². The first-order valence-corrected chi connectivity index (χ1v) is 7.40. The zero-order valence-electron chi connectivity index (χ0n) is 12.5. The summed E-state index contributed by atoms with van der Waals surface area (Å²) in [6, 6.07) is 8.46. The number of para-hydroxylation sites is 1. The van der Waals surface area contributed by atoms with Gasteiger partial charge in [0.15, 0.2) is 0 Å². The number of ether oxygens (including phenoxy) is 1. The van der Waals surface area contributed by atoms with Gasteiger partial charge in [-0.2, -0.15) is 0 Å². The summed E-state index contributed by atoms with van der Waals surface area (Å²) >= 11 is 0. The topological polar surface area (TPSA) is 53.5 Å². The van der Waals surface area contributed by atoms with Gasteiger partial charge in [0.2, 0.25) is 0 Å². The van der Waals surface area contributed by atoms with Gasteiger partial charge in [-0.05, 0) is 44.4 Å². The lowest BCUT2D eigenvalue weighted by atomic mass is 9.85. The summed E-state index contributed by atoms with van der Waals surface area (Å²) in [4.78, 5) is 0. The largest absolute Gasteiger partial charge is 0.388 e. The van der Waals surface area contributed by atoms with E-state index in [4.69, 9.17) is 4.74 Å². The predicted molar refractivity (Wildman–Crippen MR) is 82.2 cm³/mol. The Morgan fingerprint density at radius 1 is 1.40 bits per heavy atom. The Bertz CT molecular complexity index is 421. The molecule has 1 aromatic rings. The smallest absolute Gasteiger partial charge is 0.0831 e. The quantitative estimate of drug-likeness (QED) is 0.666. The van der Waals surface area contributed by atoms with E-state index in [0.717, 1.165) is 38.0 Å². The van der Waals surface area contributed by atoms with Crippen molar-refractivity contribution in [2.75, 3.05) is 32.1 Å². The van der Waals surface area contributed by atoms with Crippen LogP contribution in [0, 0.1) is 0 Å². The van der Waals surface area contributed by atoms with E-state index in [1.54, 1.807) is 7.11 Å². The summed E-state index contributed by atoms with van der Waals surface area (Å²) in [6.45, 7) is 4.26. The highest BCUT2D eigenvalue weighted by Crippen LogP contribution is 2.30. The summed E-state index contributed by atoms with van der Waals surface area (Å²) in [7, 11) is 1.70. The van der Waals surface area contributed by atoms with Crippen LogP contribution in [-0.4, -0.2) is 43.6 Å². The van der Waals surface area contributed by atoms with Crippen molar-refractivity contribution < 1.29 is 9.84 Å². The molecular weight excluding hydrogens is 252 g/mol. The second-order valence-electron chi connectivity index (χ2n) is 5.74. The molecule has 2 atom stereocenters. The van der Waals surface area contributed by atoms with Crippen LogP contribution in [0.2, 0.25) is 0 Å². The van der Waals surface area contributed by atoms with Crippen molar-refractivity contribution in [2.24, 2.45) is 0 Å². The molecule has 1 heterocycles. The lowest BCUT2D eigenvalue weighted by Gasteiger charge is -2.38. The number of aliphatic hydroxyl groups is 1. The zero-order valence-corrected chi connectivity index (χ0v) is 12.5. The van der Waals surface area contributed by atoms with Gasteiger partial charge in [-0.25, -0.2) is 0 Å². The Balaban J connectivity index is 1.84. The summed E-state index contributed by atoms with van der Waals surface area (Å²) in [6.07, 6.45) is 2.74. The van der Waals surface area contributed by atoms with Gasteiger partial charge in [0.05, 0.1) is 18.2 Å². The molecule has 1 aliphatic heterocycles. The maximum Gasteiger partial charge on any atom is 0.0831 e. The first-order chi connectivity index (χ1) is 9.63. The molecule has 0 fully saturated rings. The third-order valence-electron chi connectivity index (χ3n) is 4.09. The van der Waals surface area contributed by atoms with Gasteiger partial charge >= 0.3 is 0 Å². The third-order valence-corrected chi connectivity index (χ3v) is 4.09. The molecule has 4 nitrogen and oxygen atoms in total. The average molecular weight is 278 g/mol. The molecule has 0 aromatic heterocycles. The fraction of sp³-hybridized carbons (Fsp3) is 0.625. The molecule has 0 radical (unpaired) electrons. The van der Waals surface area contributed by atoms with Crippen molar-refractivity contribution in [1.29, 1.82) is 0 Å². The lowest BCUT2D eigenvalue weighted by Crippen LogP contribution is -2.48. The molecule has 1 aliphatic rings. The van der Waals surface area contributed by atoms with E-state index in [2.05, 4.69) is 28.8 Å². The van der Waals surface area contributed by atoms with Gasteiger partial charge in [0, 0.05) is 19.3 Å². The molecule has 20 heavy (non-hydrogen) atoms. The van der Waals surface area contributed by atoms with E-state index in [9.17, 15) is 5.11 Å². The Hall–Kier alpha value is -1.10. The monoisotopic (exact) mass is 278 g/mol. The van der Waals surface area contributed by atoms with Crippen LogP contribution in [0.3, 0.4) is 0 Å². The van der Waals surface area contributed by atoms with E-state index in [1.165, 1.54) is 5.56 Å². The van der Waals surface area contributed by atoms with Gasteiger partial charge < -0.3 is 20.5 Å². The number of methoxy groups -OCH3 is 1. The Kier molecular flexibility index (Phi) is 5.40. The first-order valence-electron chi connectivity index (χ1n) is 7.40. The summed E-state index contributed by atoms with van der Waals surface area (Å²) in [5.41, 5.74) is 1.81. The lowest BCUT2D eigenvalue weighted by molar-refractivity contribution is 0.0274. The van der Waals surface area contributed by atoms with Crippen molar-refractivity contribution in [1.82, 2.24) is 5.32 Å². The second kappa shape index (κ2) is 7.07. The molecule has 0 aliphatic carbocycles. The molecule has 2 rings (SSSR count). The molecule has 1 aromatic carbocycles. The van der Waals surface area contributed by atoms with Crippen molar-refractivity contribution >= 4 is 5.69 Å². The maximum absolute atomic E-state index is 10.7. The van der Waals surface area contributed by atoms with Crippen LogP contribution >= 0.6 is 0 Å². The van der Waals surface area contributed by atoms with E-state index in [-0.39, 0.29) is 6.04 Å². The van der Waals surface area contributed by atoms with Crippen LogP contribution < -0.4 is 10.6 Å². The highest BCUT2D eigenvalue weighted by atomic mass is 16.5. The van der Waals surface area contributed by atoms with E-state index < -0.39 is 5.60 Å². The molecule has 4 heteroatoms. The standard InChI is InChI=1S/C16H26N2O2/c1-16(19,9-10-17-11-12-20-2)15-8-7-13-5-3-4-6-14(13)18-15/h3-6,15,17-19H,7-12H2,1-2H3. The fourth-order valence-corrected chi connectivity index (χ4v) is 2.72. The Morgan fingerprint density at radius 3 is 3.00 bits per heavy atom. The summed E-state index contributed by atoms with van der Waals surface area (Å²) < 4.78 is 4.99. The van der Waals surface area contributed by atoms with Gasteiger partial charge in [0.25, 0.3) is 0 Å². The number of nitrogens with one attached hydrogen (secondary N) is 2. The molecule has 2 unspecified atom stereocenters. The average Bonchev–Trinajstić information content (AvgIpc) is 2.46. The zero-order chi connectivity index (χ0) is 14.4. The summed E-state index contributed by atoms with van der Waals surface area (Å²) in [5, 5.41) is 17.5. The van der Waals surface area contributed by atoms with Crippen LogP contribution in [0.15, 0.2) is 24.3 Å². The minimum Gasteiger partial charge on any atom is -0.388 e. The number of rotatable bonds is 7. The number of hydrogen-bond acceptors (Lipinski definition) is 4. The Labute approximate surface area is 121 Å². The van der Waals surface area contributed by atoms with Crippen molar-refractivity contribution in [3.05, 3.63) is 29.8 Å². The van der Waals surface area contributed by atoms with Crippen molar-refractivity contribution in [2.45, 2.75) is 37.8 Å². The molecule has 0 spiro atoms. The predicted octanol–water partition coefficient (Wildman–Crippen LogP) is 1.79. The Morgan fingerprint density at radius 2 is 2.20 bits per heavy atom. The molecule has 0 bridgehead atoms. The van der Waals surface area contributed by atoms with Crippen LogP contribution in [0.25, 0.3) is 0 Å². The van der Waals surface area contributed by atoms with E-state index in [0.29, 0.717) is 6.61 Å². The van der Waals surface area contributed by atoms with E-state index >= 15 is 0 Å². The normalized spacial score (nSPS) is 20.9. The fourth-order valence-electron chi connectivity index (χ4n) is 2.72. The molecule has 0 saturated carbocycles. The van der Waals surface area contributed by atoms with Gasteiger partial charge in [0.1, 0.15) is 0 Å². The van der Waals surface area contributed by atoms with Gasteiger partial charge in [-0.1, -0.05) is 18.2 Å². The van der Waals surface area contributed by atoms with Gasteiger partial charge in [-0.15, -0.1) is 0 Å². The van der Waals surface area contributed by atoms with Crippen LogP contribution in [0.5, 0.6) is 0 Å². The maximum atomic E-state index is 10.7. The number of anilines is 1. The highest BCUT2D eigenvalue weighted by Gasteiger charge is 2.33. The van der Waals surface area contributed by atoms with Crippen LogP contribution in [-0.2, 0) is 11.2 Å². The second-order valence-corrected chi connectivity index (χ2v) is 5.74. The number of benzene rings is 1. The summed E-state index contributed by atoms with van der Waals surface area (Å²) in [5.74, 6) is 0. The van der Waals surface area contributed by atoms with Crippen LogP contribution in [0.4, 0.5) is 5.69 Å². The van der Waals surface area contributed by atoms with Crippen molar-refractivity contribution in [3.63, 3.8) is 0 Å². The highest BCUT2D eigenvalue weighted by molar-refractivity contribution is 5.54. The minimum absolute atomic E-state index is 0.113. The minimum atomic E-state index is -0.701. The number of hydrogen-bond donors (Lipinski definition) is 3. The van der Waals surface area contributed by atoms with Gasteiger partial charge in [-0.3, -0.25) is 0 Å². The molecule has 112 valence electrons. The van der Waals surface area contributed by atoms with Crippen LogP contribution in [0.1, 0.15) is 25.3 Å². The first kappa shape index (κ1) is 15.3. The number of fused-ring (bicyclic) bond motifs is 1. The molecule has 3 N–H and O–H groups in total. The number of aryl methyl sites for hydroxylation is 1. The molecule has 0 saturated heterocycles. The molecule has 0 amide bonds.